The Morgan fingerprint density at radius 3 is 2.42 bits per heavy atom. The van der Waals surface area contributed by atoms with Crippen molar-refractivity contribution in [3.05, 3.63) is 69.0 Å². The van der Waals surface area contributed by atoms with Gasteiger partial charge in [-0.25, -0.2) is 4.68 Å². The number of rotatable bonds is 5. The van der Waals surface area contributed by atoms with Crippen LogP contribution in [-0.2, 0) is 5.41 Å². The number of hydrogen-bond acceptors (Lipinski definition) is 4. The fraction of sp³-hybridized carbons (Fsp3) is 0.261. The molecule has 8 heteroatoms. The summed E-state index contributed by atoms with van der Waals surface area (Å²) in [4.78, 5) is 0. The quantitative estimate of drug-likeness (QED) is 0.299. The summed E-state index contributed by atoms with van der Waals surface area (Å²) < 4.78 is 7.81. The molecule has 31 heavy (non-hydrogen) atoms. The maximum atomic E-state index is 6.52. The summed E-state index contributed by atoms with van der Waals surface area (Å²) in [5.41, 5.74) is 3.64. The molecule has 0 aliphatic rings. The van der Waals surface area contributed by atoms with Gasteiger partial charge in [-0.15, -0.1) is 10.2 Å². The number of hydrogen-bond donors (Lipinski definition) is 0. The Kier molecular flexibility index (Phi) is 5.86. The van der Waals surface area contributed by atoms with Crippen LogP contribution in [0.3, 0.4) is 0 Å². The number of nitrogens with zero attached hydrogens (tertiary/aromatic N) is 4. The van der Waals surface area contributed by atoms with E-state index >= 15 is 0 Å². The minimum absolute atomic E-state index is 0.225. The summed E-state index contributed by atoms with van der Waals surface area (Å²) in [6.45, 7) is 8.19. The second-order valence-corrected chi connectivity index (χ2v) is 9.27. The molecule has 0 N–H and O–H groups in total. The first kappa shape index (κ1) is 21.9. The summed E-state index contributed by atoms with van der Waals surface area (Å²) in [6, 6.07) is 12.9. The van der Waals surface area contributed by atoms with Crippen LogP contribution in [0, 0.1) is 6.92 Å². The van der Waals surface area contributed by atoms with E-state index in [4.69, 9.17) is 44.3 Å². The van der Waals surface area contributed by atoms with Gasteiger partial charge in [0, 0.05) is 26.6 Å². The van der Waals surface area contributed by atoms with Gasteiger partial charge < -0.3 is 4.42 Å². The molecular formula is C23H21Cl3N4O. The molecule has 0 unspecified atom stereocenters. The van der Waals surface area contributed by atoms with Gasteiger partial charge in [0.15, 0.2) is 5.69 Å². The Morgan fingerprint density at radius 2 is 1.74 bits per heavy atom. The van der Waals surface area contributed by atoms with E-state index in [1.807, 2.05) is 37.3 Å². The average Bonchev–Trinajstić information content (AvgIpc) is 3.33. The lowest BCUT2D eigenvalue weighted by molar-refractivity contribution is 0.364. The molecule has 0 aliphatic heterocycles. The average molecular weight is 476 g/mol. The van der Waals surface area contributed by atoms with Crippen molar-refractivity contribution in [3.8, 4) is 28.5 Å². The van der Waals surface area contributed by atoms with Crippen LogP contribution >= 0.6 is 34.8 Å². The van der Waals surface area contributed by atoms with Gasteiger partial charge in [-0.3, -0.25) is 0 Å². The highest BCUT2D eigenvalue weighted by molar-refractivity contribution is 6.35. The predicted octanol–water partition coefficient (Wildman–Crippen LogP) is 7.55. The van der Waals surface area contributed by atoms with E-state index in [1.165, 1.54) is 0 Å². The monoisotopic (exact) mass is 474 g/mol. The maximum Gasteiger partial charge on any atom is 0.268 e. The summed E-state index contributed by atoms with van der Waals surface area (Å²) >= 11 is 18.9. The molecule has 2 aromatic heterocycles. The number of halogens is 3. The zero-order valence-corrected chi connectivity index (χ0v) is 19.8. The number of benzene rings is 2. The summed E-state index contributed by atoms with van der Waals surface area (Å²) in [7, 11) is 0. The summed E-state index contributed by atoms with van der Waals surface area (Å²) in [5, 5.41) is 15.0. The van der Waals surface area contributed by atoms with Gasteiger partial charge in [0.1, 0.15) is 0 Å². The fourth-order valence-electron chi connectivity index (χ4n) is 3.24. The first-order valence-electron chi connectivity index (χ1n) is 9.86. The van der Waals surface area contributed by atoms with Crippen LogP contribution in [0.2, 0.25) is 15.1 Å². The highest BCUT2D eigenvalue weighted by atomic mass is 35.5. The molecular weight excluding hydrogens is 455 g/mol. The van der Waals surface area contributed by atoms with E-state index in [0.29, 0.717) is 38.2 Å². The van der Waals surface area contributed by atoms with Crippen molar-refractivity contribution >= 4 is 34.8 Å². The molecule has 0 spiro atoms. The second-order valence-electron chi connectivity index (χ2n) is 7.99. The molecule has 0 amide bonds. The first-order valence-corrected chi connectivity index (χ1v) is 11.0. The molecule has 0 radical (unpaired) electrons. The molecule has 0 fully saturated rings. The molecule has 0 saturated heterocycles. The van der Waals surface area contributed by atoms with Gasteiger partial charge in [-0.05, 0) is 43.7 Å². The van der Waals surface area contributed by atoms with Crippen LogP contribution in [0.15, 0.2) is 46.9 Å². The SMILES string of the molecule is CCC(C)(C)c1nnc(-c2nn(-c3ccc(Cl)cc3Cl)c(-c3cccc(Cl)c3)c2C)o1. The molecule has 4 aromatic rings. The standard InChI is InChI=1S/C23H21Cl3N4O/c1-5-23(3,4)22-28-27-21(31-22)19-13(2)20(14-7-6-8-15(24)11-14)30(29-19)18-10-9-16(25)12-17(18)26/h6-12H,5H2,1-4H3. The third kappa shape index (κ3) is 4.10. The van der Waals surface area contributed by atoms with Crippen molar-refractivity contribution in [2.45, 2.75) is 39.5 Å². The van der Waals surface area contributed by atoms with E-state index < -0.39 is 0 Å². The molecule has 2 heterocycles. The third-order valence-corrected chi connectivity index (χ3v) is 6.22. The van der Waals surface area contributed by atoms with Gasteiger partial charge in [0.2, 0.25) is 5.89 Å². The second kappa shape index (κ2) is 8.30. The third-order valence-electron chi connectivity index (χ3n) is 5.45. The Bertz CT molecular complexity index is 1260. The normalized spacial score (nSPS) is 11.8. The van der Waals surface area contributed by atoms with Gasteiger partial charge in [-0.1, -0.05) is 67.7 Å². The molecule has 160 valence electrons. The van der Waals surface area contributed by atoms with Crippen molar-refractivity contribution in [1.29, 1.82) is 0 Å². The van der Waals surface area contributed by atoms with E-state index in [0.717, 1.165) is 23.2 Å². The zero-order chi connectivity index (χ0) is 22.3. The van der Waals surface area contributed by atoms with E-state index in [2.05, 4.69) is 31.0 Å². The van der Waals surface area contributed by atoms with Crippen LogP contribution in [0.4, 0.5) is 0 Å². The van der Waals surface area contributed by atoms with Gasteiger partial charge >= 0.3 is 0 Å². The van der Waals surface area contributed by atoms with E-state index in [9.17, 15) is 0 Å². The maximum absolute atomic E-state index is 6.52. The zero-order valence-electron chi connectivity index (χ0n) is 17.6. The number of aromatic nitrogens is 4. The van der Waals surface area contributed by atoms with Crippen molar-refractivity contribution in [1.82, 2.24) is 20.0 Å². The lowest BCUT2D eigenvalue weighted by atomic mass is 9.90. The fourth-order valence-corrected chi connectivity index (χ4v) is 3.92. The minimum atomic E-state index is -0.225. The largest absolute Gasteiger partial charge is 0.419 e. The van der Waals surface area contributed by atoms with Gasteiger partial charge in [0.05, 0.1) is 16.4 Å². The highest BCUT2D eigenvalue weighted by Gasteiger charge is 2.28. The van der Waals surface area contributed by atoms with Crippen molar-refractivity contribution < 1.29 is 4.42 Å². The van der Waals surface area contributed by atoms with Crippen molar-refractivity contribution in [2.75, 3.05) is 0 Å². The Hall–Kier alpha value is -2.34. The minimum Gasteiger partial charge on any atom is -0.419 e. The van der Waals surface area contributed by atoms with Crippen LogP contribution in [0.1, 0.15) is 38.6 Å². The Labute approximate surface area is 196 Å². The van der Waals surface area contributed by atoms with Crippen LogP contribution in [0.25, 0.3) is 28.5 Å². The van der Waals surface area contributed by atoms with E-state index in [1.54, 1.807) is 16.8 Å². The van der Waals surface area contributed by atoms with Gasteiger partial charge in [-0.2, -0.15) is 5.10 Å². The van der Waals surface area contributed by atoms with Gasteiger partial charge in [0.25, 0.3) is 5.89 Å². The molecule has 0 atom stereocenters. The van der Waals surface area contributed by atoms with Crippen LogP contribution in [-0.4, -0.2) is 20.0 Å². The molecule has 0 bridgehead atoms. The first-order chi connectivity index (χ1) is 14.7. The van der Waals surface area contributed by atoms with Crippen molar-refractivity contribution in [2.24, 2.45) is 0 Å². The van der Waals surface area contributed by atoms with Crippen LogP contribution in [0.5, 0.6) is 0 Å². The molecule has 0 saturated carbocycles. The smallest absolute Gasteiger partial charge is 0.268 e. The van der Waals surface area contributed by atoms with Crippen molar-refractivity contribution in [3.63, 3.8) is 0 Å². The topological polar surface area (TPSA) is 56.7 Å². The summed E-state index contributed by atoms with van der Waals surface area (Å²) in [6.07, 6.45) is 0.871. The molecule has 0 aliphatic carbocycles. The highest BCUT2D eigenvalue weighted by Crippen LogP contribution is 2.37. The Balaban J connectivity index is 1.95. The molecule has 4 rings (SSSR count). The summed E-state index contributed by atoms with van der Waals surface area (Å²) in [5.74, 6) is 0.939. The predicted molar refractivity (Wildman–Crippen MR) is 125 cm³/mol. The van der Waals surface area contributed by atoms with Crippen LogP contribution < -0.4 is 0 Å². The molecule has 5 nitrogen and oxygen atoms in total. The molecule has 2 aromatic carbocycles. The lowest BCUT2D eigenvalue weighted by Gasteiger charge is -2.16. The van der Waals surface area contributed by atoms with E-state index in [-0.39, 0.29) is 5.41 Å². The Morgan fingerprint density at radius 1 is 1.00 bits per heavy atom. The lowest BCUT2D eigenvalue weighted by Crippen LogP contribution is -2.15.